The van der Waals surface area contributed by atoms with Crippen LogP contribution in [0.1, 0.15) is 25.7 Å². The van der Waals surface area contributed by atoms with Crippen LogP contribution >= 0.6 is 11.3 Å². The standard InChI is InChI=1S/C17H14N4O2S/c1-11-14(24-17(19-11)13-9-5-6-10-18-13)16(23)21-20-15(22)12-7-3-2-4-8-12/h2-10H,1H3,(H,20,22)(H,21,23). The lowest BCUT2D eigenvalue weighted by Gasteiger charge is -2.06. The predicted octanol–water partition coefficient (Wildman–Crippen LogP) is 2.59. The van der Waals surface area contributed by atoms with Crippen molar-refractivity contribution in [1.82, 2.24) is 20.8 Å². The van der Waals surface area contributed by atoms with Gasteiger partial charge in [0, 0.05) is 11.8 Å². The lowest BCUT2D eigenvalue weighted by Crippen LogP contribution is -2.41. The van der Waals surface area contributed by atoms with Crippen molar-refractivity contribution >= 4 is 23.2 Å². The lowest BCUT2D eigenvalue weighted by atomic mass is 10.2. The Morgan fingerprint density at radius 3 is 2.38 bits per heavy atom. The van der Waals surface area contributed by atoms with E-state index in [1.165, 1.54) is 11.3 Å². The van der Waals surface area contributed by atoms with Crippen LogP contribution in [0.2, 0.25) is 0 Å². The molecule has 7 heteroatoms. The molecule has 0 unspecified atom stereocenters. The first-order valence-electron chi connectivity index (χ1n) is 7.19. The van der Waals surface area contributed by atoms with Gasteiger partial charge in [0.15, 0.2) is 0 Å². The molecule has 0 spiro atoms. The average molecular weight is 338 g/mol. The second kappa shape index (κ2) is 7.01. The minimum atomic E-state index is -0.406. The zero-order valence-electron chi connectivity index (χ0n) is 12.8. The number of rotatable bonds is 3. The molecule has 0 fully saturated rings. The van der Waals surface area contributed by atoms with Crippen LogP contribution < -0.4 is 10.9 Å². The number of amides is 2. The number of hydrogen-bond acceptors (Lipinski definition) is 5. The number of nitrogens with zero attached hydrogens (tertiary/aromatic N) is 2. The number of nitrogens with one attached hydrogen (secondary N) is 2. The number of hydrazine groups is 1. The molecule has 2 amide bonds. The average Bonchev–Trinajstić information content (AvgIpc) is 3.03. The molecular weight excluding hydrogens is 324 g/mol. The molecule has 1 aromatic carbocycles. The number of benzene rings is 1. The number of pyridine rings is 1. The Hall–Kier alpha value is -3.06. The van der Waals surface area contributed by atoms with Gasteiger partial charge in [-0.1, -0.05) is 24.3 Å². The largest absolute Gasteiger partial charge is 0.281 e. The van der Waals surface area contributed by atoms with E-state index in [1.807, 2.05) is 24.3 Å². The second-order valence-electron chi connectivity index (χ2n) is 4.92. The van der Waals surface area contributed by atoms with Crippen molar-refractivity contribution in [3.63, 3.8) is 0 Å². The molecule has 0 saturated heterocycles. The fourth-order valence-electron chi connectivity index (χ4n) is 2.04. The van der Waals surface area contributed by atoms with Crippen molar-refractivity contribution < 1.29 is 9.59 Å². The highest BCUT2D eigenvalue weighted by atomic mass is 32.1. The Kier molecular flexibility index (Phi) is 4.62. The van der Waals surface area contributed by atoms with Crippen molar-refractivity contribution in [2.75, 3.05) is 0 Å². The van der Waals surface area contributed by atoms with Crippen LogP contribution in [0, 0.1) is 6.92 Å². The number of hydrogen-bond donors (Lipinski definition) is 2. The summed E-state index contributed by atoms with van der Waals surface area (Å²) < 4.78 is 0. The Morgan fingerprint density at radius 1 is 0.958 bits per heavy atom. The summed E-state index contributed by atoms with van der Waals surface area (Å²) in [7, 11) is 0. The van der Waals surface area contributed by atoms with Crippen LogP contribution in [0.4, 0.5) is 0 Å². The van der Waals surface area contributed by atoms with Gasteiger partial charge in [0.1, 0.15) is 9.88 Å². The van der Waals surface area contributed by atoms with Gasteiger partial charge in [-0.05, 0) is 31.2 Å². The van der Waals surface area contributed by atoms with Crippen LogP contribution in [0.25, 0.3) is 10.7 Å². The maximum Gasteiger partial charge on any atom is 0.281 e. The summed E-state index contributed by atoms with van der Waals surface area (Å²) in [6, 6.07) is 14.2. The first kappa shape index (κ1) is 15.8. The minimum Gasteiger partial charge on any atom is -0.267 e. The summed E-state index contributed by atoms with van der Waals surface area (Å²) in [6.45, 7) is 1.75. The van der Waals surface area contributed by atoms with Crippen molar-refractivity contribution in [3.05, 3.63) is 70.9 Å². The normalized spacial score (nSPS) is 10.2. The molecule has 24 heavy (non-hydrogen) atoms. The van der Waals surface area contributed by atoms with Crippen LogP contribution in [-0.4, -0.2) is 21.8 Å². The van der Waals surface area contributed by atoms with Gasteiger partial charge in [-0.15, -0.1) is 11.3 Å². The van der Waals surface area contributed by atoms with E-state index in [0.717, 1.165) is 0 Å². The van der Waals surface area contributed by atoms with Gasteiger partial charge in [-0.25, -0.2) is 4.98 Å². The van der Waals surface area contributed by atoms with Gasteiger partial charge in [-0.2, -0.15) is 0 Å². The summed E-state index contributed by atoms with van der Waals surface area (Å²) in [4.78, 5) is 33.2. The first-order chi connectivity index (χ1) is 11.6. The molecule has 0 aliphatic rings. The van der Waals surface area contributed by atoms with E-state index in [0.29, 0.717) is 26.8 Å². The van der Waals surface area contributed by atoms with Gasteiger partial charge in [-0.3, -0.25) is 25.4 Å². The van der Waals surface area contributed by atoms with Crippen LogP contribution in [-0.2, 0) is 0 Å². The number of aromatic nitrogens is 2. The molecule has 3 aromatic rings. The first-order valence-corrected chi connectivity index (χ1v) is 8.01. The monoisotopic (exact) mass is 338 g/mol. The maximum absolute atomic E-state index is 12.3. The van der Waals surface area contributed by atoms with Crippen molar-refractivity contribution in [2.24, 2.45) is 0 Å². The summed E-state index contributed by atoms with van der Waals surface area (Å²) in [6.07, 6.45) is 1.67. The Balaban J connectivity index is 1.70. The van der Waals surface area contributed by atoms with Gasteiger partial charge in [0.25, 0.3) is 11.8 Å². The summed E-state index contributed by atoms with van der Waals surface area (Å²) >= 11 is 1.23. The molecule has 2 N–H and O–H groups in total. The molecule has 2 heterocycles. The zero-order valence-corrected chi connectivity index (χ0v) is 13.6. The predicted molar refractivity (Wildman–Crippen MR) is 91.5 cm³/mol. The van der Waals surface area contributed by atoms with Gasteiger partial charge in [0.05, 0.1) is 11.4 Å². The highest BCUT2D eigenvalue weighted by Crippen LogP contribution is 2.26. The molecule has 0 atom stereocenters. The van der Waals surface area contributed by atoms with Crippen molar-refractivity contribution in [1.29, 1.82) is 0 Å². The molecule has 0 radical (unpaired) electrons. The molecule has 0 aliphatic carbocycles. The molecule has 0 aliphatic heterocycles. The topological polar surface area (TPSA) is 84.0 Å². The van der Waals surface area contributed by atoms with E-state index in [2.05, 4.69) is 20.8 Å². The molecule has 120 valence electrons. The van der Waals surface area contributed by atoms with E-state index in [4.69, 9.17) is 0 Å². The van der Waals surface area contributed by atoms with E-state index in [1.54, 1.807) is 37.4 Å². The second-order valence-corrected chi connectivity index (χ2v) is 5.92. The van der Waals surface area contributed by atoms with E-state index < -0.39 is 5.91 Å². The van der Waals surface area contributed by atoms with Gasteiger partial charge < -0.3 is 0 Å². The van der Waals surface area contributed by atoms with E-state index >= 15 is 0 Å². The van der Waals surface area contributed by atoms with Gasteiger partial charge in [0.2, 0.25) is 0 Å². The molecule has 0 saturated carbocycles. The molecule has 3 rings (SSSR count). The smallest absolute Gasteiger partial charge is 0.267 e. The van der Waals surface area contributed by atoms with Crippen molar-refractivity contribution in [2.45, 2.75) is 6.92 Å². The fourth-order valence-corrected chi connectivity index (χ4v) is 2.98. The molecule has 6 nitrogen and oxygen atoms in total. The third-order valence-corrected chi connectivity index (χ3v) is 4.39. The van der Waals surface area contributed by atoms with Crippen LogP contribution in [0.15, 0.2) is 54.7 Å². The number of carbonyl (C=O) groups is 2. The maximum atomic E-state index is 12.3. The molecule has 0 bridgehead atoms. The number of thiazole rings is 1. The Morgan fingerprint density at radius 2 is 1.67 bits per heavy atom. The van der Waals surface area contributed by atoms with Crippen LogP contribution in [0.5, 0.6) is 0 Å². The molecular formula is C17H14N4O2S. The summed E-state index contributed by atoms with van der Waals surface area (Å²) in [5, 5.41) is 0.660. The highest BCUT2D eigenvalue weighted by Gasteiger charge is 2.17. The Bertz CT molecular complexity index is 863. The lowest BCUT2D eigenvalue weighted by molar-refractivity contribution is 0.0848. The zero-order chi connectivity index (χ0) is 16.9. The third kappa shape index (κ3) is 3.47. The van der Waals surface area contributed by atoms with Gasteiger partial charge >= 0.3 is 0 Å². The van der Waals surface area contributed by atoms with E-state index in [-0.39, 0.29) is 5.91 Å². The molecule has 2 aromatic heterocycles. The minimum absolute atomic E-state index is 0.379. The van der Waals surface area contributed by atoms with Crippen molar-refractivity contribution in [3.8, 4) is 10.7 Å². The summed E-state index contributed by atoms with van der Waals surface area (Å²) in [5.41, 5.74) is 6.57. The third-order valence-electron chi connectivity index (χ3n) is 3.21. The SMILES string of the molecule is Cc1nc(-c2ccccn2)sc1C(=O)NNC(=O)c1ccccc1. The quantitative estimate of drug-likeness (QED) is 0.719. The fraction of sp³-hybridized carbons (Fsp3) is 0.0588. The highest BCUT2D eigenvalue weighted by molar-refractivity contribution is 7.17. The Labute approximate surface area is 142 Å². The van der Waals surface area contributed by atoms with Crippen LogP contribution in [0.3, 0.4) is 0 Å². The number of aryl methyl sites for hydroxylation is 1. The summed E-state index contributed by atoms with van der Waals surface area (Å²) in [5.74, 6) is -0.785. The van der Waals surface area contributed by atoms with E-state index in [9.17, 15) is 9.59 Å². The number of carbonyl (C=O) groups excluding carboxylic acids is 2.